The number of aromatic nitrogens is 2. The van der Waals surface area contributed by atoms with E-state index in [2.05, 4.69) is 10.4 Å². The van der Waals surface area contributed by atoms with Crippen LogP contribution in [0.4, 0.5) is 11.5 Å². The molecule has 0 saturated heterocycles. The zero-order valence-electron chi connectivity index (χ0n) is 9.77. The normalized spacial score (nSPS) is 10.2. The molecule has 1 aromatic carbocycles. The summed E-state index contributed by atoms with van der Waals surface area (Å²) in [6, 6.07) is 6.93. The second-order valence-corrected chi connectivity index (χ2v) is 3.90. The first kappa shape index (κ1) is 11.2. The number of nitrogens with one attached hydrogen (secondary N) is 1. The smallest absolute Gasteiger partial charge is 0.257 e. The second-order valence-electron chi connectivity index (χ2n) is 3.90. The molecule has 1 amide bonds. The number of hydrogen-bond donors (Lipinski definition) is 2. The highest BCUT2D eigenvalue weighted by molar-refractivity contribution is 6.04. The molecule has 1 heterocycles. The lowest BCUT2D eigenvalue weighted by atomic mass is 10.1. The monoisotopic (exact) mass is 230 g/mol. The molecule has 0 aliphatic rings. The van der Waals surface area contributed by atoms with Crippen molar-refractivity contribution in [1.29, 1.82) is 0 Å². The third-order valence-corrected chi connectivity index (χ3v) is 2.45. The van der Waals surface area contributed by atoms with Crippen LogP contribution in [-0.2, 0) is 7.05 Å². The van der Waals surface area contributed by atoms with Gasteiger partial charge in [-0.3, -0.25) is 9.48 Å². The van der Waals surface area contributed by atoms with Crippen molar-refractivity contribution in [1.82, 2.24) is 9.78 Å². The Kier molecular flexibility index (Phi) is 2.82. The van der Waals surface area contributed by atoms with Crippen molar-refractivity contribution >= 4 is 17.4 Å². The molecule has 0 bridgehead atoms. The maximum atomic E-state index is 12.0. The van der Waals surface area contributed by atoms with Crippen LogP contribution in [0.25, 0.3) is 0 Å². The molecule has 2 rings (SSSR count). The summed E-state index contributed by atoms with van der Waals surface area (Å²) in [6.45, 7) is 1.85. The highest BCUT2D eigenvalue weighted by atomic mass is 16.1. The van der Waals surface area contributed by atoms with Crippen LogP contribution >= 0.6 is 0 Å². The number of anilines is 2. The molecule has 1 aromatic heterocycles. The lowest BCUT2D eigenvalue weighted by Crippen LogP contribution is -2.14. The van der Waals surface area contributed by atoms with Gasteiger partial charge in [-0.2, -0.15) is 5.10 Å². The first-order valence-electron chi connectivity index (χ1n) is 5.23. The van der Waals surface area contributed by atoms with Crippen LogP contribution in [0, 0.1) is 6.92 Å². The van der Waals surface area contributed by atoms with E-state index >= 15 is 0 Å². The fourth-order valence-corrected chi connectivity index (χ4v) is 1.61. The van der Waals surface area contributed by atoms with E-state index < -0.39 is 0 Å². The maximum Gasteiger partial charge on any atom is 0.257 e. The Morgan fingerprint density at radius 3 is 2.76 bits per heavy atom. The number of carbonyl (C=O) groups excluding carboxylic acids is 1. The van der Waals surface area contributed by atoms with Crippen LogP contribution in [0.15, 0.2) is 30.5 Å². The molecule has 0 unspecified atom stereocenters. The highest BCUT2D eigenvalue weighted by Crippen LogP contribution is 2.14. The molecular formula is C12H14N4O. The van der Waals surface area contributed by atoms with Crippen LogP contribution < -0.4 is 11.1 Å². The van der Waals surface area contributed by atoms with Gasteiger partial charge in [0.2, 0.25) is 0 Å². The van der Waals surface area contributed by atoms with Gasteiger partial charge >= 0.3 is 0 Å². The van der Waals surface area contributed by atoms with Crippen LogP contribution in [0.3, 0.4) is 0 Å². The summed E-state index contributed by atoms with van der Waals surface area (Å²) in [7, 11) is 1.80. The van der Waals surface area contributed by atoms with Crippen LogP contribution in [-0.4, -0.2) is 15.7 Å². The van der Waals surface area contributed by atoms with Crippen LogP contribution in [0.2, 0.25) is 0 Å². The van der Waals surface area contributed by atoms with E-state index in [1.165, 1.54) is 0 Å². The number of nitrogen functional groups attached to an aromatic ring is 1. The van der Waals surface area contributed by atoms with Gasteiger partial charge in [0, 0.05) is 30.6 Å². The molecule has 5 nitrogen and oxygen atoms in total. The third-order valence-electron chi connectivity index (χ3n) is 2.45. The average Bonchev–Trinajstić information content (AvgIpc) is 2.63. The Labute approximate surface area is 99.2 Å². The van der Waals surface area contributed by atoms with E-state index in [0.29, 0.717) is 17.1 Å². The van der Waals surface area contributed by atoms with Gasteiger partial charge in [0.15, 0.2) is 5.82 Å². The summed E-state index contributed by atoms with van der Waals surface area (Å²) in [5.74, 6) is 0.356. The van der Waals surface area contributed by atoms with E-state index in [4.69, 9.17) is 5.73 Å². The fraction of sp³-hybridized carbons (Fsp3) is 0.167. The maximum absolute atomic E-state index is 12.0. The number of carbonyl (C=O) groups is 1. The van der Waals surface area contributed by atoms with Gasteiger partial charge in [0.25, 0.3) is 5.91 Å². The highest BCUT2D eigenvalue weighted by Gasteiger charge is 2.10. The summed E-state index contributed by atoms with van der Waals surface area (Å²) >= 11 is 0. The van der Waals surface area contributed by atoms with E-state index in [-0.39, 0.29) is 5.91 Å². The van der Waals surface area contributed by atoms with Crippen molar-refractivity contribution in [3.8, 4) is 0 Å². The lowest BCUT2D eigenvalue weighted by molar-refractivity contribution is 0.102. The van der Waals surface area contributed by atoms with Gasteiger partial charge in [-0.1, -0.05) is 0 Å². The zero-order chi connectivity index (χ0) is 12.4. The van der Waals surface area contributed by atoms with Gasteiger partial charge < -0.3 is 11.1 Å². The first-order valence-corrected chi connectivity index (χ1v) is 5.23. The van der Waals surface area contributed by atoms with E-state index in [0.717, 1.165) is 5.56 Å². The van der Waals surface area contributed by atoms with Crippen molar-refractivity contribution in [2.75, 3.05) is 11.1 Å². The molecule has 3 N–H and O–H groups in total. The van der Waals surface area contributed by atoms with Gasteiger partial charge in [-0.15, -0.1) is 0 Å². The predicted molar refractivity (Wildman–Crippen MR) is 66.8 cm³/mol. The molecule has 0 spiro atoms. The molecule has 88 valence electrons. The largest absolute Gasteiger partial charge is 0.399 e. The summed E-state index contributed by atoms with van der Waals surface area (Å²) in [5.41, 5.74) is 7.73. The molecule has 0 atom stereocenters. The third kappa shape index (κ3) is 2.44. The molecule has 0 saturated carbocycles. The second kappa shape index (κ2) is 4.29. The van der Waals surface area contributed by atoms with Crippen LogP contribution in [0.1, 0.15) is 15.9 Å². The Balaban J connectivity index is 2.20. The van der Waals surface area contributed by atoms with Crippen molar-refractivity contribution in [2.45, 2.75) is 6.92 Å². The number of hydrogen-bond acceptors (Lipinski definition) is 3. The summed E-state index contributed by atoms with van der Waals surface area (Å²) in [4.78, 5) is 12.0. The molecule has 2 aromatic rings. The molecule has 0 fully saturated rings. The summed E-state index contributed by atoms with van der Waals surface area (Å²) < 4.78 is 1.63. The molecule has 0 aliphatic heterocycles. The zero-order valence-corrected chi connectivity index (χ0v) is 9.77. The van der Waals surface area contributed by atoms with E-state index in [9.17, 15) is 4.79 Å². The van der Waals surface area contributed by atoms with Gasteiger partial charge in [0.1, 0.15) is 0 Å². The minimum atomic E-state index is -0.179. The van der Waals surface area contributed by atoms with Crippen molar-refractivity contribution in [3.63, 3.8) is 0 Å². The fourth-order valence-electron chi connectivity index (χ4n) is 1.61. The van der Waals surface area contributed by atoms with Gasteiger partial charge in [-0.25, -0.2) is 0 Å². The van der Waals surface area contributed by atoms with Crippen molar-refractivity contribution in [3.05, 3.63) is 41.6 Å². The van der Waals surface area contributed by atoms with E-state index in [1.807, 2.05) is 6.92 Å². The number of rotatable bonds is 2. The average molecular weight is 230 g/mol. The lowest BCUT2D eigenvalue weighted by Gasteiger charge is -2.06. The van der Waals surface area contributed by atoms with E-state index in [1.54, 1.807) is 42.2 Å². The minimum Gasteiger partial charge on any atom is -0.399 e. The SMILES string of the molecule is Cc1cc(N)ccc1C(=O)Nc1ccn(C)n1. The number of aryl methyl sites for hydroxylation is 2. The van der Waals surface area contributed by atoms with Crippen molar-refractivity contribution in [2.24, 2.45) is 7.05 Å². The summed E-state index contributed by atoms with van der Waals surface area (Å²) in [6.07, 6.45) is 1.77. The van der Waals surface area contributed by atoms with Gasteiger partial charge in [-0.05, 0) is 30.7 Å². The topological polar surface area (TPSA) is 72.9 Å². The number of nitrogens with zero attached hydrogens (tertiary/aromatic N) is 2. The Bertz CT molecular complexity index is 559. The molecule has 17 heavy (non-hydrogen) atoms. The quantitative estimate of drug-likeness (QED) is 0.769. The molecule has 0 aliphatic carbocycles. The number of amides is 1. The first-order chi connectivity index (χ1) is 8.06. The van der Waals surface area contributed by atoms with Crippen molar-refractivity contribution < 1.29 is 4.79 Å². The molecular weight excluding hydrogens is 216 g/mol. The predicted octanol–water partition coefficient (Wildman–Crippen LogP) is 1.56. The Morgan fingerprint density at radius 1 is 1.41 bits per heavy atom. The summed E-state index contributed by atoms with van der Waals surface area (Å²) in [5, 5.41) is 6.81. The molecule has 5 heteroatoms. The minimum absolute atomic E-state index is 0.179. The Morgan fingerprint density at radius 2 is 2.18 bits per heavy atom. The number of nitrogens with two attached hydrogens (primary N) is 1. The number of benzene rings is 1. The van der Waals surface area contributed by atoms with Gasteiger partial charge in [0.05, 0.1) is 0 Å². The molecule has 0 radical (unpaired) electrons. The Hall–Kier alpha value is -2.30. The van der Waals surface area contributed by atoms with Crippen LogP contribution in [0.5, 0.6) is 0 Å². The standard InChI is InChI=1S/C12H14N4O/c1-8-7-9(13)3-4-10(8)12(17)14-11-5-6-16(2)15-11/h3-7H,13H2,1-2H3,(H,14,15,17).